The summed E-state index contributed by atoms with van der Waals surface area (Å²) in [5.41, 5.74) is 3.70. The highest BCUT2D eigenvalue weighted by Gasteiger charge is 2.36. The van der Waals surface area contributed by atoms with Gasteiger partial charge in [-0.25, -0.2) is 8.42 Å². The summed E-state index contributed by atoms with van der Waals surface area (Å²) in [6.07, 6.45) is 4.11. The van der Waals surface area contributed by atoms with Crippen LogP contribution in [-0.4, -0.2) is 43.5 Å². The minimum atomic E-state index is -3.86. The highest BCUT2D eigenvalue weighted by molar-refractivity contribution is 8.01. The number of sulfonamides is 1. The van der Waals surface area contributed by atoms with Gasteiger partial charge in [0.05, 0.1) is 16.3 Å². The Kier molecular flexibility index (Phi) is 6.72. The molecule has 33 heavy (non-hydrogen) atoms. The normalized spacial score (nSPS) is 18.8. The fourth-order valence-electron chi connectivity index (χ4n) is 4.41. The summed E-state index contributed by atoms with van der Waals surface area (Å²) in [7, 11) is -3.86. The van der Waals surface area contributed by atoms with Crippen LogP contribution in [0.3, 0.4) is 0 Å². The quantitative estimate of drug-likeness (QED) is 0.630. The van der Waals surface area contributed by atoms with Gasteiger partial charge in [0.1, 0.15) is 0 Å². The highest BCUT2D eigenvalue weighted by atomic mass is 32.2. The molecule has 9 heteroatoms. The van der Waals surface area contributed by atoms with Crippen LogP contribution in [0.5, 0.6) is 0 Å². The van der Waals surface area contributed by atoms with Crippen molar-refractivity contribution >= 4 is 45.0 Å². The molecule has 0 bridgehead atoms. The van der Waals surface area contributed by atoms with Gasteiger partial charge < -0.3 is 10.2 Å². The zero-order valence-corrected chi connectivity index (χ0v) is 20.7. The first-order valence-corrected chi connectivity index (χ1v) is 13.5. The molecule has 2 aromatic carbocycles. The van der Waals surface area contributed by atoms with E-state index in [1.54, 1.807) is 11.0 Å². The van der Waals surface area contributed by atoms with Gasteiger partial charge in [0, 0.05) is 18.0 Å². The van der Waals surface area contributed by atoms with Crippen LogP contribution >= 0.6 is 11.8 Å². The highest BCUT2D eigenvalue weighted by Crippen LogP contribution is 2.38. The number of carbonyl (C=O) groups excluding carboxylic acids is 2. The van der Waals surface area contributed by atoms with E-state index < -0.39 is 21.2 Å². The summed E-state index contributed by atoms with van der Waals surface area (Å²) >= 11 is 1.18. The third-order valence-corrected chi connectivity index (χ3v) is 8.67. The van der Waals surface area contributed by atoms with Gasteiger partial charge in [0.2, 0.25) is 11.8 Å². The van der Waals surface area contributed by atoms with Crippen LogP contribution in [0.2, 0.25) is 0 Å². The maximum Gasteiger partial charge on any atom is 0.261 e. The lowest BCUT2D eigenvalue weighted by molar-refractivity contribution is -0.133. The van der Waals surface area contributed by atoms with Crippen LogP contribution in [-0.2, 0) is 19.6 Å². The van der Waals surface area contributed by atoms with Crippen molar-refractivity contribution in [2.45, 2.75) is 61.5 Å². The van der Waals surface area contributed by atoms with Gasteiger partial charge in [0.25, 0.3) is 10.0 Å². The number of carbonyl (C=O) groups is 2. The SMILES string of the molecule is Cc1cc(C)c(NS(=O)(=O)c2ccc3c(c2)NC(=O)C(C(=O)N2CCCCCC2)S3)c(C)c1. The van der Waals surface area contributed by atoms with Crippen molar-refractivity contribution in [3.8, 4) is 0 Å². The molecule has 0 saturated carbocycles. The van der Waals surface area contributed by atoms with E-state index in [1.807, 2.05) is 32.9 Å². The molecule has 2 N–H and O–H groups in total. The summed E-state index contributed by atoms with van der Waals surface area (Å²) < 4.78 is 28.8. The minimum absolute atomic E-state index is 0.0545. The number of nitrogens with zero attached hydrogens (tertiary/aromatic N) is 1. The number of aryl methyl sites for hydroxylation is 3. The molecule has 2 amide bonds. The second kappa shape index (κ2) is 9.38. The lowest BCUT2D eigenvalue weighted by Gasteiger charge is -2.29. The molecule has 2 aromatic rings. The van der Waals surface area contributed by atoms with Gasteiger partial charge >= 0.3 is 0 Å². The molecule has 2 heterocycles. The maximum atomic E-state index is 13.1. The number of likely N-dealkylation sites (tertiary alicyclic amines) is 1. The average molecular weight is 488 g/mol. The molecule has 0 aromatic heterocycles. The van der Waals surface area contributed by atoms with Crippen LogP contribution in [0.1, 0.15) is 42.4 Å². The molecular formula is C24H29N3O4S2. The van der Waals surface area contributed by atoms with Crippen LogP contribution in [0.15, 0.2) is 40.1 Å². The monoisotopic (exact) mass is 487 g/mol. The number of rotatable bonds is 4. The Labute approximate surface area is 199 Å². The second-order valence-corrected chi connectivity index (χ2v) is 11.6. The molecule has 176 valence electrons. The average Bonchev–Trinajstić information content (AvgIpc) is 3.04. The predicted molar refractivity (Wildman–Crippen MR) is 131 cm³/mol. The van der Waals surface area contributed by atoms with Crippen molar-refractivity contribution < 1.29 is 18.0 Å². The number of fused-ring (bicyclic) bond motifs is 1. The Balaban J connectivity index is 1.55. The first-order chi connectivity index (χ1) is 15.7. The Morgan fingerprint density at radius 1 is 1.03 bits per heavy atom. The Morgan fingerprint density at radius 3 is 2.30 bits per heavy atom. The molecule has 7 nitrogen and oxygen atoms in total. The van der Waals surface area contributed by atoms with Gasteiger partial charge in [-0.3, -0.25) is 14.3 Å². The van der Waals surface area contributed by atoms with Crippen molar-refractivity contribution in [3.05, 3.63) is 47.0 Å². The number of nitrogens with one attached hydrogen (secondary N) is 2. The molecule has 0 aliphatic carbocycles. The van der Waals surface area contributed by atoms with Gasteiger partial charge in [-0.1, -0.05) is 30.5 Å². The van der Waals surface area contributed by atoms with Crippen molar-refractivity contribution in [3.63, 3.8) is 0 Å². The van der Waals surface area contributed by atoms with Gasteiger partial charge in [-0.15, -0.1) is 11.8 Å². The number of hydrogen-bond donors (Lipinski definition) is 2. The van der Waals surface area contributed by atoms with E-state index in [2.05, 4.69) is 10.0 Å². The molecule has 1 saturated heterocycles. The molecule has 2 aliphatic rings. The standard InChI is InChI=1S/C24H29N3O4S2/c1-15-12-16(2)21(17(3)13-15)26-33(30,31)18-8-9-20-19(14-18)25-23(28)22(32-20)24(29)27-10-6-4-5-7-11-27/h8-9,12-14,22,26H,4-7,10-11H2,1-3H3,(H,25,28). The lowest BCUT2D eigenvalue weighted by atomic mass is 10.1. The fraction of sp³-hybridized carbons (Fsp3) is 0.417. The first-order valence-electron chi connectivity index (χ1n) is 11.2. The zero-order chi connectivity index (χ0) is 23.8. The van der Waals surface area contributed by atoms with Gasteiger partial charge in [-0.2, -0.15) is 0 Å². The summed E-state index contributed by atoms with van der Waals surface area (Å²) in [5.74, 6) is -0.580. The first kappa shape index (κ1) is 23.6. The third-order valence-electron chi connectivity index (χ3n) is 6.06. The zero-order valence-electron chi connectivity index (χ0n) is 19.1. The van der Waals surface area contributed by atoms with Gasteiger partial charge in [0.15, 0.2) is 5.25 Å². The minimum Gasteiger partial charge on any atom is -0.341 e. The topological polar surface area (TPSA) is 95.6 Å². The summed E-state index contributed by atoms with van der Waals surface area (Å²) in [5, 5.41) is 1.90. The summed E-state index contributed by atoms with van der Waals surface area (Å²) in [6.45, 7) is 7.05. The van der Waals surface area contributed by atoms with Crippen molar-refractivity contribution in [1.29, 1.82) is 0 Å². The third kappa shape index (κ3) is 5.04. The Hall–Kier alpha value is -2.52. The molecule has 2 aliphatic heterocycles. The van der Waals surface area contributed by atoms with E-state index in [4.69, 9.17) is 0 Å². The van der Waals surface area contributed by atoms with Crippen LogP contribution < -0.4 is 10.0 Å². The molecular weight excluding hydrogens is 458 g/mol. The Morgan fingerprint density at radius 2 is 1.67 bits per heavy atom. The molecule has 0 spiro atoms. The molecule has 0 radical (unpaired) electrons. The fourth-order valence-corrected chi connectivity index (χ4v) is 6.69. The van der Waals surface area contributed by atoms with E-state index >= 15 is 0 Å². The number of amides is 2. The van der Waals surface area contributed by atoms with Crippen molar-refractivity contribution in [2.75, 3.05) is 23.1 Å². The summed E-state index contributed by atoms with van der Waals surface area (Å²) in [4.78, 5) is 28.3. The molecule has 1 fully saturated rings. The number of hydrogen-bond acceptors (Lipinski definition) is 5. The number of thioether (sulfide) groups is 1. The van der Waals surface area contributed by atoms with E-state index in [-0.39, 0.29) is 10.8 Å². The van der Waals surface area contributed by atoms with Crippen molar-refractivity contribution in [2.24, 2.45) is 0 Å². The van der Waals surface area contributed by atoms with E-state index in [9.17, 15) is 18.0 Å². The maximum absolute atomic E-state index is 13.1. The molecule has 1 atom stereocenters. The Bertz CT molecular complexity index is 1180. The molecule has 4 rings (SSSR count). The number of benzene rings is 2. The van der Waals surface area contributed by atoms with Crippen LogP contribution in [0.4, 0.5) is 11.4 Å². The van der Waals surface area contributed by atoms with Crippen molar-refractivity contribution in [1.82, 2.24) is 4.90 Å². The summed E-state index contributed by atoms with van der Waals surface area (Å²) in [6, 6.07) is 8.48. The van der Waals surface area contributed by atoms with Gasteiger partial charge in [-0.05, 0) is 62.9 Å². The predicted octanol–water partition coefficient (Wildman–Crippen LogP) is 4.23. The van der Waals surface area contributed by atoms with E-state index in [1.165, 1.54) is 23.9 Å². The second-order valence-electron chi connectivity index (χ2n) is 8.76. The smallest absolute Gasteiger partial charge is 0.261 e. The van der Waals surface area contributed by atoms with E-state index in [0.717, 1.165) is 42.4 Å². The lowest BCUT2D eigenvalue weighted by Crippen LogP contribution is -2.45. The molecule has 1 unspecified atom stereocenters. The van der Waals surface area contributed by atoms with E-state index in [0.29, 0.717) is 29.4 Å². The largest absolute Gasteiger partial charge is 0.341 e. The van der Waals surface area contributed by atoms with Crippen LogP contribution in [0.25, 0.3) is 0 Å². The van der Waals surface area contributed by atoms with Crippen LogP contribution in [0, 0.1) is 20.8 Å². The number of anilines is 2.